The van der Waals surface area contributed by atoms with Gasteiger partial charge in [0.05, 0.1) is 0 Å². The monoisotopic (exact) mass is 214 g/mol. The average molecular weight is 214 g/mol. The van der Waals surface area contributed by atoms with Crippen molar-refractivity contribution in [3.8, 4) is 0 Å². The van der Waals surface area contributed by atoms with Crippen molar-refractivity contribution in [2.24, 2.45) is 0 Å². The Hall–Kier alpha value is -1.26. The summed E-state index contributed by atoms with van der Waals surface area (Å²) in [4.78, 5) is 22.4. The Morgan fingerprint density at radius 1 is 1.53 bits per heavy atom. The van der Waals surface area contributed by atoms with Crippen LogP contribution >= 0.6 is 0 Å². The molecule has 0 radical (unpaired) electrons. The summed E-state index contributed by atoms with van der Waals surface area (Å²) in [7, 11) is 0. The number of alkyl carbamates (subject to hydrolysis) is 1. The van der Waals surface area contributed by atoms with Gasteiger partial charge in [-0.15, -0.1) is 0 Å². The summed E-state index contributed by atoms with van der Waals surface area (Å²) in [5.41, 5.74) is -0.499. The number of amides is 2. The Labute approximate surface area is 89.6 Å². The van der Waals surface area contributed by atoms with Crippen LogP contribution in [0, 0.1) is 0 Å². The summed E-state index contributed by atoms with van der Waals surface area (Å²) in [5, 5.41) is 5.39. The van der Waals surface area contributed by atoms with Gasteiger partial charge in [-0.05, 0) is 27.2 Å². The van der Waals surface area contributed by atoms with E-state index in [2.05, 4.69) is 10.6 Å². The van der Waals surface area contributed by atoms with E-state index in [0.29, 0.717) is 13.0 Å². The van der Waals surface area contributed by atoms with Crippen LogP contribution in [0.25, 0.3) is 0 Å². The van der Waals surface area contributed by atoms with Gasteiger partial charge in [0.15, 0.2) is 0 Å². The van der Waals surface area contributed by atoms with Gasteiger partial charge in [0.25, 0.3) is 0 Å². The maximum atomic E-state index is 11.4. The highest BCUT2D eigenvalue weighted by Crippen LogP contribution is 2.09. The Kier molecular flexibility index (Phi) is 3.55. The molecule has 2 N–H and O–H groups in total. The van der Waals surface area contributed by atoms with Gasteiger partial charge >= 0.3 is 6.09 Å². The van der Waals surface area contributed by atoms with Crippen LogP contribution in [0.1, 0.15) is 33.6 Å². The van der Waals surface area contributed by atoms with Crippen molar-refractivity contribution in [2.75, 3.05) is 6.54 Å². The molecule has 1 fully saturated rings. The van der Waals surface area contributed by atoms with Gasteiger partial charge in [-0.1, -0.05) is 0 Å². The first-order valence-corrected chi connectivity index (χ1v) is 5.13. The number of carbonyl (C=O) groups is 2. The largest absolute Gasteiger partial charge is 0.444 e. The molecular weight excluding hydrogens is 196 g/mol. The fourth-order valence-electron chi connectivity index (χ4n) is 1.38. The predicted octanol–water partition coefficient (Wildman–Crippen LogP) is 0.790. The van der Waals surface area contributed by atoms with Crippen LogP contribution in [0.4, 0.5) is 4.79 Å². The van der Waals surface area contributed by atoms with Gasteiger partial charge in [0, 0.05) is 19.0 Å². The van der Waals surface area contributed by atoms with Crippen molar-refractivity contribution in [1.82, 2.24) is 10.6 Å². The molecule has 86 valence electrons. The van der Waals surface area contributed by atoms with Crippen LogP contribution in [0.15, 0.2) is 0 Å². The van der Waals surface area contributed by atoms with Gasteiger partial charge < -0.3 is 15.4 Å². The predicted molar refractivity (Wildman–Crippen MR) is 55.4 cm³/mol. The minimum Gasteiger partial charge on any atom is -0.444 e. The second-order valence-electron chi connectivity index (χ2n) is 4.69. The van der Waals surface area contributed by atoms with E-state index in [1.807, 2.05) is 0 Å². The molecule has 1 aliphatic rings. The molecule has 1 rings (SSSR count). The Morgan fingerprint density at radius 3 is 2.73 bits per heavy atom. The number of hydrogen-bond acceptors (Lipinski definition) is 3. The first-order valence-electron chi connectivity index (χ1n) is 5.13. The summed E-state index contributed by atoms with van der Waals surface area (Å²) in [6.07, 6.45) is 0.631. The normalized spacial score (nSPS) is 21.8. The number of piperidine rings is 1. The Morgan fingerprint density at radius 2 is 2.20 bits per heavy atom. The van der Waals surface area contributed by atoms with Gasteiger partial charge in [-0.2, -0.15) is 0 Å². The van der Waals surface area contributed by atoms with E-state index < -0.39 is 11.7 Å². The first kappa shape index (κ1) is 11.8. The minimum atomic E-state index is -0.499. The van der Waals surface area contributed by atoms with Gasteiger partial charge in [-0.25, -0.2) is 4.79 Å². The van der Waals surface area contributed by atoms with Gasteiger partial charge in [0.1, 0.15) is 5.60 Å². The lowest BCUT2D eigenvalue weighted by molar-refractivity contribution is -0.122. The smallest absolute Gasteiger partial charge is 0.407 e. The van der Waals surface area contributed by atoms with Crippen LogP contribution in [-0.2, 0) is 9.53 Å². The number of carbonyl (C=O) groups excluding carboxylic acids is 2. The highest BCUT2D eigenvalue weighted by molar-refractivity contribution is 5.78. The third kappa shape index (κ3) is 4.67. The van der Waals surface area contributed by atoms with E-state index >= 15 is 0 Å². The topological polar surface area (TPSA) is 67.4 Å². The molecule has 0 spiro atoms. The highest BCUT2D eigenvalue weighted by Gasteiger charge is 2.23. The van der Waals surface area contributed by atoms with Crippen molar-refractivity contribution < 1.29 is 14.3 Å². The van der Waals surface area contributed by atoms with Crippen LogP contribution in [0.5, 0.6) is 0 Å². The van der Waals surface area contributed by atoms with E-state index in [1.54, 1.807) is 20.8 Å². The molecule has 2 amide bonds. The van der Waals surface area contributed by atoms with Crippen LogP contribution in [0.2, 0.25) is 0 Å². The molecule has 1 atom stereocenters. The summed E-state index contributed by atoms with van der Waals surface area (Å²) >= 11 is 0. The van der Waals surface area contributed by atoms with E-state index in [0.717, 1.165) is 6.42 Å². The zero-order valence-electron chi connectivity index (χ0n) is 9.42. The molecule has 1 saturated heterocycles. The number of rotatable bonds is 1. The van der Waals surface area contributed by atoms with E-state index in [9.17, 15) is 9.59 Å². The standard InChI is InChI=1S/C10H18N2O3/c1-10(2,3)15-9(14)12-7-4-5-11-8(13)6-7/h7H,4-6H2,1-3H3,(H,11,13)(H,12,14)/t7-/m1/s1. The molecule has 0 aromatic carbocycles. The summed E-state index contributed by atoms with van der Waals surface area (Å²) in [6.45, 7) is 6.03. The molecule has 15 heavy (non-hydrogen) atoms. The van der Waals surface area contributed by atoms with Crippen molar-refractivity contribution in [2.45, 2.75) is 45.3 Å². The van der Waals surface area contributed by atoms with E-state index in [1.165, 1.54) is 0 Å². The van der Waals surface area contributed by atoms with Gasteiger partial charge in [0.2, 0.25) is 5.91 Å². The lowest BCUT2D eigenvalue weighted by atomic mass is 10.1. The fraction of sp³-hybridized carbons (Fsp3) is 0.800. The molecule has 0 aliphatic carbocycles. The number of nitrogens with one attached hydrogen (secondary N) is 2. The second-order valence-corrected chi connectivity index (χ2v) is 4.69. The highest BCUT2D eigenvalue weighted by atomic mass is 16.6. The zero-order valence-corrected chi connectivity index (χ0v) is 9.42. The van der Waals surface area contributed by atoms with Crippen molar-refractivity contribution in [3.63, 3.8) is 0 Å². The van der Waals surface area contributed by atoms with Crippen molar-refractivity contribution >= 4 is 12.0 Å². The molecule has 0 aromatic rings. The summed E-state index contributed by atoms with van der Waals surface area (Å²) in [5.74, 6) is -0.0256. The third-order valence-corrected chi connectivity index (χ3v) is 1.97. The Bertz CT molecular complexity index is 258. The van der Waals surface area contributed by atoms with Crippen molar-refractivity contribution in [1.29, 1.82) is 0 Å². The fourth-order valence-corrected chi connectivity index (χ4v) is 1.38. The minimum absolute atomic E-state index is 0.0256. The maximum absolute atomic E-state index is 11.4. The maximum Gasteiger partial charge on any atom is 0.407 e. The molecule has 1 aliphatic heterocycles. The Balaban J connectivity index is 2.34. The van der Waals surface area contributed by atoms with Crippen LogP contribution < -0.4 is 10.6 Å². The molecule has 0 saturated carbocycles. The lowest BCUT2D eigenvalue weighted by Crippen LogP contribution is -2.46. The molecular formula is C10H18N2O3. The molecule has 5 nitrogen and oxygen atoms in total. The molecule has 5 heteroatoms. The lowest BCUT2D eigenvalue weighted by Gasteiger charge is -2.25. The first-order chi connectivity index (χ1) is 6.87. The van der Waals surface area contributed by atoms with Crippen LogP contribution in [0.3, 0.4) is 0 Å². The SMILES string of the molecule is CC(C)(C)OC(=O)N[C@@H]1CCNC(=O)C1. The third-order valence-electron chi connectivity index (χ3n) is 1.97. The number of hydrogen-bond donors (Lipinski definition) is 2. The summed E-state index contributed by atoms with van der Waals surface area (Å²) in [6, 6.07) is -0.103. The van der Waals surface area contributed by atoms with Crippen LogP contribution in [-0.4, -0.2) is 30.2 Å². The second kappa shape index (κ2) is 4.51. The quantitative estimate of drug-likeness (QED) is 0.678. The average Bonchev–Trinajstić information content (AvgIpc) is 1.99. The molecule has 1 heterocycles. The molecule has 0 aromatic heterocycles. The molecule has 0 unspecified atom stereocenters. The molecule has 0 bridgehead atoms. The van der Waals surface area contributed by atoms with E-state index in [-0.39, 0.29) is 11.9 Å². The van der Waals surface area contributed by atoms with Gasteiger partial charge in [-0.3, -0.25) is 4.79 Å². The number of ether oxygens (including phenoxy) is 1. The van der Waals surface area contributed by atoms with Crippen molar-refractivity contribution in [3.05, 3.63) is 0 Å². The summed E-state index contributed by atoms with van der Waals surface area (Å²) < 4.78 is 5.09. The zero-order chi connectivity index (χ0) is 11.5. The van der Waals surface area contributed by atoms with E-state index in [4.69, 9.17) is 4.74 Å².